The second kappa shape index (κ2) is 8.22. The van der Waals surface area contributed by atoms with Gasteiger partial charge >= 0.3 is 0 Å². The minimum absolute atomic E-state index is 0.0764. The second-order valence-electron chi connectivity index (χ2n) is 7.49. The first-order valence-corrected chi connectivity index (χ1v) is 10.8. The van der Waals surface area contributed by atoms with E-state index in [0.717, 1.165) is 31.2 Å². The van der Waals surface area contributed by atoms with Crippen LogP contribution in [-0.4, -0.2) is 62.8 Å². The highest BCUT2D eigenvalue weighted by Gasteiger charge is 2.36. The normalized spacial score (nSPS) is 21.3. The minimum Gasteiger partial charge on any atom is -0.354 e. The Morgan fingerprint density at radius 2 is 1.70 bits per heavy atom. The quantitative estimate of drug-likeness (QED) is 0.733. The van der Waals surface area contributed by atoms with Crippen LogP contribution >= 0.6 is 0 Å². The maximum absolute atomic E-state index is 13.3. The molecule has 150 valence electrons. The number of amides is 1. The molecule has 9 heteroatoms. The van der Waals surface area contributed by atoms with Crippen LogP contribution in [0.1, 0.15) is 31.2 Å². The van der Waals surface area contributed by atoms with Crippen molar-refractivity contribution in [2.45, 2.75) is 31.1 Å². The van der Waals surface area contributed by atoms with E-state index in [1.54, 1.807) is 0 Å². The molecule has 0 aromatic heterocycles. The number of hydrogen-bond donors (Lipinski definition) is 2. The number of carbonyl (C=O) groups excluding carboxylic acids is 1. The van der Waals surface area contributed by atoms with E-state index in [0.29, 0.717) is 32.7 Å². The molecule has 1 saturated heterocycles. The van der Waals surface area contributed by atoms with E-state index >= 15 is 0 Å². The number of carbonyl (C=O) groups is 1. The van der Waals surface area contributed by atoms with E-state index in [2.05, 4.69) is 5.32 Å². The summed E-state index contributed by atoms with van der Waals surface area (Å²) < 4.78 is 37.2. The molecular formula is C18H27FN4O3S. The smallest absolute Gasteiger partial charge is 0.276 e. The molecule has 7 nitrogen and oxygen atoms in total. The summed E-state index contributed by atoms with van der Waals surface area (Å²) in [6, 6.07) is 6.59. The summed E-state index contributed by atoms with van der Waals surface area (Å²) in [5.41, 5.74) is 0.943. The molecule has 0 atom stereocenters. The van der Waals surface area contributed by atoms with Crippen LogP contribution in [0.15, 0.2) is 24.3 Å². The lowest BCUT2D eigenvalue weighted by atomic mass is 9.79. The maximum Gasteiger partial charge on any atom is 0.276 e. The average Bonchev–Trinajstić information content (AvgIpc) is 3.10. The Bertz CT molecular complexity index is 755. The average molecular weight is 399 g/mol. The summed E-state index contributed by atoms with van der Waals surface area (Å²) >= 11 is 0. The highest BCUT2D eigenvalue weighted by Crippen LogP contribution is 2.40. The summed E-state index contributed by atoms with van der Waals surface area (Å²) in [5.74, 6) is -0.331. The van der Waals surface area contributed by atoms with E-state index in [1.165, 1.54) is 16.4 Å². The van der Waals surface area contributed by atoms with Gasteiger partial charge in [0.1, 0.15) is 5.82 Å². The number of halogens is 1. The van der Waals surface area contributed by atoms with Gasteiger partial charge in [0.05, 0.1) is 6.54 Å². The Morgan fingerprint density at radius 3 is 2.26 bits per heavy atom. The van der Waals surface area contributed by atoms with E-state index in [9.17, 15) is 17.6 Å². The molecule has 1 amide bonds. The van der Waals surface area contributed by atoms with Gasteiger partial charge in [0.2, 0.25) is 5.91 Å². The van der Waals surface area contributed by atoms with Crippen LogP contribution in [0.2, 0.25) is 0 Å². The van der Waals surface area contributed by atoms with Crippen molar-refractivity contribution in [1.82, 2.24) is 14.5 Å². The number of piperazine rings is 1. The Kier molecular flexibility index (Phi) is 6.15. The van der Waals surface area contributed by atoms with E-state index in [1.807, 2.05) is 17.0 Å². The van der Waals surface area contributed by atoms with Gasteiger partial charge in [-0.3, -0.25) is 9.69 Å². The van der Waals surface area contributed by atoms with Gasteiger partial charge in [-0.2, -0.15) is 12.7 Å². The number of nitrogens with two attached hydrogens (primary N) is 1. The van der Waals surface area contributed by atoms with Crippen molar-refractivity contribution in [3.8, 4) is 0 Å². The van der Waals surface area contributed by atoms with Gasteiger partial charge in [0.15, 0.2) is 0 Å². The lowest BCUT2D eigenvalue weighted by Crippen LogP contribution is -2.53. The summed E-state index contributed by atoms with van der Waals surface area (Å²) in [6.45, 7) is 2.32. The highest BCUT2D eigenvalue weighted by molar-refractivity contribution is 7.86. The van der Waals surface area contributed by atoms with Gasteiger partial charge < -0.3 is 5.32 Å². The number of nitrogens with one attached hydrogen (secondary N) is 1. The van der Waals surface area contributed by atoms with Crippen molar-refractivity contribution >= 4 is 16.1 Å². The van der Waals surface area contributed by atoms with Gasteiger partial charge in [0.25, 0.3) is 10.2 Å². The van der Waals surface area contributed by atoms with E-state index in [4.69, 9.17) is 5.14 Å². The summed E-state index contributed by atoms with van der Waals surface area (Å²) in [6.07, 6.45) is 4.16. The fourth-order valence-corrected chi connectivity index (χ4v) is 4.76. The lowest BCUT2D eigenvalue weighted by Gasteiger charge is -2.33. The van der Waals surface area contributed by atoms with Crippen molar-refractivity contribution in [2.75, 3.05) is 39.3 Å². The predicted octanol–water partition coefficient (Wildman–Crippen LogP) is 0.575. The van der Waals surface area contributed by atoms with Gasteiger partial charge in [-0.25, -0.2) is 9.53 Å². The largest absolute Gasteiger partial charge is 0.354 e. The Hall–Kier alpha value is -1.55. The van der Waals surface area contributed by atoms with Crippen LogP contribution in [0.25, 0.3) is 0 Å². The monoisotopic (exact) mass is 398 g/mol. The highest BCUT2D eigenvalue weighted by atomic mass is 32.2. The Morgan fingerprint density at radius 1 is 1.11 bits per heavy atom. The summed E-state index contributed by atoms with van der Waals surface area (Å²) in [7, 11) is -3.66. The third-order valence-electron chi connectivity index (χ3n) is 5.70. The molecule has 2 aliphatic rings. The number of nitrogens with zero attached hydrogens (tertiary/aromatic N) is 2. The SMILES string of the molecule is NS(=O)(=O)N1CCN(CC(=O)NCC2(c3ccc(F)cc3)CCCC2)CC1. The zero-order valence-electron chi connectivity index (χ0n) is 15.4. The molecule has 1 aromatic carbocycles. The van der Waals surface area contributed by atoms with Crippen LogP contribution in [-0.2, 0) is 20.4 Å². The van der Waals surface area contributed by atoms with Crippen molar-refractivity contribution in [3.05, 3.63) is 35.6 Å². The Balaban J connectivity index is 1.53. The second-order valence-corrected chi connectivity index (χ2v) is 9.04. The molecule has 1 heterocycles. The third-order valence-corrected chi connectivity index (χ3v) is 6.78. The predicted molar refractivity (Wildman–Crippen MR) is 101 cm³/mol. The van der Waals surface area contributed by atoms with Crippen LogP contribution in [0.5, 0.6) is 0 Å². The molecule has 2 fully saturated rings. The first kappa shape index (κ1) is 20.2. The van der Waals surface area contributed by atoms with Gasteiger partial charge in [0, 0.05) is 38.1 Å². The fraction of sp³-hybridized carbons (Fsp3) is 0.611. The number of hydrogen-bond acceptors (Lipinski definition) is 4. The minimum atomic E-state index is -3.66. The molecule has 0 bridgehead atoms. The summed E-state index contributed by atoms with van der Waals surface area (Å²) in [4.78, 5) is 14.3. The van der Waals surface area contributed by atoms with Crippen LogP contribution < -0.4 is 10.5 Å². The Labute approximate surface area is 159 Å². The standard InChI is InChI=1S/C18H27FN4O3S/c19-16-5-3-15(4-6-16)18(7-1-2-8-18)14-21-17(24)13-22-9-11-23(12-10-22)27(20,25)26/h3-6H,1-2,7-14H2,(H,21,24)(H2,20,25,26). The number of benzene rings is 1. The van der Waals surface area contributed by atoms with E-state index < -0.39 is 10.2 Å². The number of rotatable bonds is 6. The van der Waals surface area contributed by atoms with Crippen molar-refractivity contribution < 1.29 is 17.6 Å². The molecule has 1 saturated carbocycles. The lowest BCUT2D eigenvalue weighted by molar-refractivity contribution is -0.122. The van der Waals surface area contributed by atoms with Crippen LogP contribution in [0.4, 0.5) is 4.39 Å². The molecule has 0 unspecified atom stereocenters. The van der Waals surface area contributed by atoms with Crippen LogP contribution in [0.3, 0.4) is 0 Å². The van der Waals surface area contributed by atoms with Gasteiger partial charge in [-0.15, -0.1) is 0 Å². The van der Waals surface area contributed by atoms with Crippen molar-refractivity contribution in [3.63, 3.8) is 0 Å². The fourth-order valence-electron chi connectivity index (χ4n) is 4.09. The first-order valence-electron chi connectivity index (χ1n) is 9.31. The molecule has 1 aromatic rings. The molecule has 0 radical (unpaired) electrons. The molecule has 3 rings (SSSR count). The van der Waals surface area contributed by atoms with Gasteiger partial charge in [-0.05, 0) is 30.5 Å². The summed E-state index contributed by atoms with van der Waals surface area (Å²) in [5, 5.41) is 8.17. The molecule has 1 aliphatic heterocycles. The molecule has 3 N–H and O–H groups in total. The third kappa shape index (κ3) is 5.04. The zero-order chi connectivity index (χ0) is 19.5. The maximum atomic E-state index is 13.3. The molecule has 1 aliphatic carbocycles. The first-order chi connectivity index (χ1) is 12.8. The topological polar surface area (TPSA) is 95.7 Å². The molecular weight excluding hydrogens is 371 g/mol. The van der Waals surface area contributed by atoms with Gasteiger partial charge in [-0.1, -0.05) is 25.0 Å². The van der Waals surface area contributed by atoms with Crippen LogP contribution in [0, 0.1) is 5.82 Å². The zero-order valence-corrected chi connectivity index (χ0v) is 16.2. The van der Waals surface area contributed by atoms with Crippen molar-refractivity contribution in [2.24, 2.45) is 5.14 Å². The van der Waals surface area contributed by atoms with Crippen molar-refractivity contribution in [1.29, 1.82) is 0 Å². The molecule has 0 spiro atoms. The molecule has 27 heavy (non-hydrogen) atoms. The van der Waals surface area contributed by atoms with E-state index in [-0.39, 0.29) is 23.7 Å².